The molecule has 0 spiro atoms. The predicted molar refractivity (Wildman–Crippen MR) is 29.0 cm³/mol. The summed E-state index contributed by atoms with van der Waals surface area (Å²) in [5.41, 5.74) is 0. The van der Waals surface area contributed by atoms with Crippen molar-refractivity contribution in [3.05, 3.63) is 12.7 Å². The van der Waals surface area contributed by atoms with Crippen LogP contribution < -0.4 is 0 Å². The fraction of sp³-hybridized carbons (Fsp3) is 0.500. The summed E-state index contributed by atoms with van der Waals surface area (Å²) in [4.78, 5) is 0. The molecule has 0 rings (SSSR count). The summed E-state index contributed by atoms with van der Waals surface area (Å²) < 4.78 is 0. The summed E-state index contributed by atoms with van der Waals surface area (Å²) in [5, 5.41) is 0. The second-order valence-electron chi connectivity index (χ2n) is 0.697. The Balaban J connectivity index is 0. The molecule has 0 atom stereocenters. The van der Waals surface area contributed by atoms with Crippen molar-refractivity contribution in [2.24, 2.45) is 0 Å². The van der Waals surface area contributed by atoms with Gasteiger partial charge in [-0.3, -0.25) is 0 Å². The summed E-state index contributed by atoms with van der Waals surface area (Å²) in [6, 6.07) is 0. The molecule has 0 unspecified atom stereocenters. The van der Waals surface area contributed by atoms with Gasteiger partial charge in [0.15, 0.2) is 0 Å². The van der Waals surface area contributed by atoms with Crippen LogP contribution in [-0.4, -0.2) is 26.6 Å². The monoisotopic (exact) mass is 267 g/mol. The molecule has 0 aromatic carbocycles. The fourth-order valence-electron chi connectivity index (χ4n) is 0. The van der Waals surface area contributed by atoms with Crippen molar-refractivity contribution >= 4 is 26.6 Å². The molecule has 0 aliphatic heterocycles. The molecule has 0 amide bonds. The van der Waals surface area contributed by atoms with E-state index >= 15 is 0 Å². The van der Waals surface area contributed by atoms with Crippen molar-refractivity contribution in [2.45, 2.75) is 13.3 Å². The molecule has 5 heavy (non-hydrogen) atoms. The third-order valence-electron chi connectivity index (χ3n) is 0.289. The van der Waals surface area contributed by atoms with Gasteiger partial charge in [0.1, 0.15) is 0 Å². The van der Waals surface area contributed by atoms with E-state index in [1.54, 1.807) is 0 Å². The Morgan fingerprint density at radius 2 is 2.00 bits per heavy atom. The molecule has 0 aliphatic rings. The molecule has 0 bridgehead atoms. The van der Waals surface area contributed by atoms with Crippen LogP contribution in [0.5, 0.6) is 0 Å². The first-order valence-corrected chi connectivity index (χ1v) is 1.52. The van der Waals surface area contributed by atoms with Gasteiger partial charge in [0.05, 0.1) is 0 Å². The van der Waals surface area contributed by atoms with Gasteiger partial charge < -0.3 is 0 Å². The standard InChI is InChI=1S/C4H8.Po.2H/c1-3-4-2;;;/h3H,1,4H2,2H3;;;. The van der Waals surface area contributed by atoms with E-state index in [0.29, 0.717) is 0 Å². The van der Waals surface area contributed by atoms with E-state index in [9.17, 15) is 0 Å². The van der Waals surface area contributed by atoms with Gasteiger partial charge in [-0.15, -0.1) is 6.58 Å². The molecule has 0 nitrogen and oxygen atoms in total. The minimum atomic E-state index is 0. The van der Waals surface area contributed by atoms with Crippen LogP contribution in [0.2, 0.25) is 0 Å². The molecule has 32 valence electrons. The first-order valence-electron chi connectivity index (χ1n) is 1.52. The molecule has 0 aromatic rings. The van der Waals surface area contributed by atoms with Gasteiger partial charge in [-0.05, 0) is 6.42 Å². The van der Waals surface area contributed by atoms with Gasteiger partial charge in [-0.25, -0.2) is 0 Å². The van der Waals surface area contributed by atoms with Crippen LogP contribution in [0.1, 0.15) is 13.3 Å². The Bertz CT molecular complexity index is 17.6. The fourth-order valence-corrected chi connectivity index (χ4v) is 0. The van der Waals surface area contributed by atoms with Crippen LogP contribution in [0.4, 0.5) is 0 Å². The molecule has 0 N–H and O–H groups in total. The summed E-state index contributed by atoms with van der Waals surface area (Å²) in [6.07, 6.45) is 2.96. The Hall–Kier alpha value is 0.636. The van der Waals surface area contributed by atoms with Crippen molar-refractivity contribution < 1.29 is 0 Å². The van der Waals surface area contributed by atoms with Gasteiger partial charge in [0, 0.05) is 0 Å². The van der Waals surface area contributed by atoms with Crippen LogP contribution >= 0.6 is 0 Å². The Morgan fingerprint density at radius 1 is 1.80 bits per heavy atom. The van der Waals surface area contributed by atoms with E-state index in [-0.39, 0.29) is 26.6 Å². The van der Waals surface area contributed by atoms with Crippen LogP contribution in [0.15, 0.2) is 12.7 Å². The third-order valence-corrected chi connectivity index (χ3v) is 0.289. The first kappa shape index (κ1) is 9.16. The third kappa shape index (κ3) is 12.0. The number of rotatable bonds is 1. The quantitative estimate of drug-likeness (QED) is 0.612. The molecule has 0 heterocycles. The van der Waals surface area contributed by atoms with Crippen molar-refractivity contribution in [3.8, 4) is 0 Å². The van der Waals surface area contributed by atoms with E-state index in [0.717, 1.165) is 6.42 Å². The maximum atomic E-state index is 3.48. The second kappa shape index (κ2) is 8.82. The maximum absolute atomic E-state index is 3.48. The normalized spacial score (nSPS) is 5.00. The zero-order chi connectivity index (χ0) is 3.41. The van der Waals surface area contributed by atoms with Crippen molar-refractivity contribution in [3.63, 3.8) is 0 Å². The summed E-state index contributed by atoms with van der Waals surface area (Å²) in [7, 11) is 0. The van der Waals surface area contributed by atoms with Gasteiger partial charge in [0.25, 0.3) is 0 Å². The molecule has 0 aromatic heterocycles. The number of allylic oxidation sites excluding steroid dienone is 1. The van der Waals surface area contributed by atoms with Gasteiger partial charge in [-0.1, -0.05) is 13.0 Å². The van der Waals surface area contributed by atoms with Crippen LogP contribution in [-0.2, 0) is 0 Å². The SMILES string of the molecule is C=CCC.[PoH2]. The predicted octanol–water partition coefficient (Wildman–Crippen LogP) is 0.666. The van der Waals surface area contributed by atoms with Crippen LogP contribution in [0.25, 0.3) is 0 Å². The topological polar surface area (TPSA) is 0 Å². The minimum absolute atomic E-state index is 0. The van der Waals surface area contributed by atoms with E-state index < -0.39 is 0 Å². The molecule has 1 heteroatoms. The van der Waals surface area contributed by atoms with Crippen molar-refractivity contribution in [1.82, 2.24) is 0 Å². The number of hydrogen-bond acceptors (Lipinski definition) is 0. The van der Waals surface area contributed by atoms with Crippen molar-refractivity contribution in [2.75, 3.05) is 0 Å². The molecule has 0 saturated heterocycles. The molecule has 0 aliphatic carbocycles. The van der Waals surface area contributed by atoms with E-state index in [2.05, 4.69) is 13.5 Å². The average molecular weight is 267 g/mol. The zero-order valence-electron chi connectivity index (χ0n) is 3.49. The molecular formula is C4H10Po. The van der Waals surface area contributed by atoms with Crippen LogP contribution in [0.3, 0.4) is 0 Å². The molecule has 0 fully saturated rings. The summed E-state index contributed by atoms with van der Waals surface area (Å²) >= 11 is 0. The zero-order valence-corrected chi connectivity index (χ0v) is 7.38. The Morgan fingerprint density at radius 3 is 2.00 bits per heavy atom. The van der Waals surface area contributed by atoms with Crippen molar-refractivity contribution in [1.29, 1.82) is 0 Å². The Kier molecular flexibility index (Phi) is 16.2. The molecular weight excluding hydrogens is 257 g/mol. The van der Waals surface area contributed by atoms with Gasteiger partial charge in [-0.2, -0.15) is 0 Å². The Labute approximate surface area is 52.7 Å². The number of hydrogen-bond donors (Lipinski definition) is 0. The average Bonchev–Trinajstić information content (AvgIpc) is 1.37. The van der Waals surface area contributed by atoms with Gasteiger partial charge in [0.2, 0.25) is 0 Å². The van der Waals surface area contributed by atoms with Crippen LogP contribution in [0, 0.1) is 0 Å². The van der Waals surface area contributed by atoms with E-state index in [1.165, 1.54) is 0 Å². The van der Waals surface area contributed by atoms with E-state index in [4.69, 9.17) is 0 Å². The van der Waals surface area contributed by atoms with Gasteiger partial charge >= 0.3 is 26.6 Å². The second-order valence-corrected chi connectivity index (χ2v) is 0.697. The first-order chi connectivity index (χ1) is 1.91. The molecule has 0 saturated carbocycles. The molecule has 0 radical (unpaired) electrons. The summed E-state index contributed by atoms with van der Waals surface area (Å²) in [6.45, 7) is 5.54. The van der Waals surface area contributed by atoms with E-state index in [1.807, 2.05) is 6.08 Å². The summed E-state index contributed by atoms with van der Waals surface area (Å²) in [5.74, 6) is 0.